The van der Waals surface area contributed by atoms with E-state index >= 15 is 0 Å². The monoisotopic (exact) mass is 388 g/mol. The summed E-state index contributed by atoms with van der Waals surface area (Å²) in [4.78, 5) is 35.4. The Kier molecular flexibility index (Phi) is 6.83. The predicted octanol–water partition coefficient (Wildman–Crippen LogP) is 1.71. The van der Waals surface area contributed by atoms with Crippen molar-refractivity contribution in [3.05, 3.63) is 39.7 Å². The van der Waals surface area contributed by atoms with E-state index in [2.05, 4.69) is 5.32 Å². The average Bonchev–Trinajstić information content (AvgIpc) is 2.61. The van der Waals surface area contributed by atoms with Crippen molar-refractivity contribution in [2.24, 2.45) is 5.92 Å². The summed E-state index contributed by atoms with van der Waals surface area (Å²) in [6, 6.07) is 3.91. The molecular formula is C21H26NO6-. The molecule has 0 spiro atoms. The molecular weight excluding hydrogens is 362 g/mol. The zero-order chi connectivity index (χ0) is 21.0. The highest BCUT2D eigenvalue weighted by molar-refractivity contribution is 5.87. The Morgan fingerprint density at radius 1 is 1.25 bits per heavy atom. The molecule has 28 heavy (non-hydrogen) atoms. The number of carboxylic acids is 1. The number of ether oxygens (including phenoxy) is 1. The number of nitrogens with one attached hydrogen (secondary N) is 1. The van der Waals surface area contributed by atoms with Gasteiger partial charge in [-0.2, -0.15) is 0 Å². The molecule has 1 heterocycles. The Hall–Kier alpha value is -2.83. The molecule has 2 rings (SSSR count). The van der Waals surface area contributed by atoms with Crippen molar-refractivity contribution in [2.45, 2.75) is 59.6 Å². The van der Waals surface area contributed by atoms with Gasteiger partial charge in [0.15, 0.2) is 6.10 Å². The molecule has 7 nitrogen and oxygen atoms in total. The van der Waals surface area contributed by atoms with Crippen molar-refractivity contribution in [2.75, 3.05) is 0 Å². The molecule has 2 atom stereocenters. The number of rotatable bonds is 8. The number of aliphatic carboxylic acids is 1. The van der Waals surface area contributed by atoms with Gasteiger partial charge in [-0.3, -0.25) is 4.79 Å². The lowest BCUT2D eigenvalue weighted by atomic mass is 10.0. The summed E-state index contributed by atoms with van der Waals surface area (Å²) in [6.45, 7) is 8.65. The molecule has 0 fully saturated rings. The summed E-state index contributed by atoms with van der Waals surface area (Å²) in [5, 5.41) is 14.4. The number of aryl methyl sites for hydroxylation is 2. The predicted molar refractivity (Wildman–Crippen MR) is 103 cm³/mol. The molecule has 0 aliphatic carbocycles. The average molecular weight is 388 g/mol. The highest BCUT2D eigenvalue weighted by Crippen LogP contribution is 2.29. The van der Waals surface area contributed by atoms with Crippen LogP contribution in [0.15, 0.2) is 27.4 Å². The lowest BCUT2D eigenvalue weighted by Crippen LogP contribution is -2.53. The first-order chi connectivity index (χ1) is 13.1. The molecule has 1 aromatic heterocycles. The standard InChI is InChI=1S/C21H27NO6/c1-6-7-14-10-17(23)28-19-12(4)16(9-8-15(14)19)27-13(5)20(24)22-18(11(2)3)21(25)26/h8-11,13,18H,6-7H2,1-5H3,(H,22,24)(H,25,26)/p-1/t13-,18+/m1/s1. The molecule has 0 saturated heterocycles. The quantitative estimate of drug-likeness (QED) is 0.690. The fourth-order valence-electron chi connectivity index (χ4n) is 3.02. The van der Waals surface area contributed by atoms with Gasteiger partial charge in [-0.25, -0.2) is 4.79 Å². The number of carboxylic acid groups (broad SMARTS) is 1. The van der Waals surface area contributed by atoms with Crippen LogP contribution in [0, 0.1) is 12.8 Å². The molecule has 1 aromatic carbocycles. The molecule has 0 radical (unpaired) electrons. The molecule has 2 aromatic rings. The van der Waals surface area contributed by atoms with E-state index in [4.69, 9.17) is 9.15 Å². The second-order valence-corrected chi connectivity index (χ2v) is 7.22. The highest BCUT2D eigenvalue weighted by atomic mass is 16.5. The Bertz CT molecular complexity index is 930. The van der Waals surface area contributed by atoms with Crippen LogP contribution in [0.1, 0.15) is 45.2 Å². The number of benzene rings is 1. The summed E-state index contributed by atoms with van der Waals surface area (Å²) in [6.07, 6.45) is 0.699. The fraction of sp³-hybridized carbons (Fsp3) is 0.476. The molecule has 7 heteroatoms. The van der Waals surface area contributed by atoms with Crippen molar-refractivity contribution in [3.8, 4) is 5.75 Å². The largest absolute Gasteiger partial charge is 0.548 e. The number of fused-ring (bicyclic) bond motifs is 1. The molecule has 0 aliphatic heterocycles. The Balaban J connectivity index is 2.28. The summed E-state index contributed by atoms with van der Waals surface area (Å²) < 4.78 is 11.1. The van der Waals surface area contributed by atoms with Crippen LogP contribution >= 0.6 is 0 Å². The van der Waals surface area contributed by atoms with Crippen molar-refractivity contribution < 1.29 is 23.8 Å². The first kappa shape index (κ1) is 21.5. The van der Waals surface area contributed by atoms with E-state index in [1.54, 1.807) is 32.9 Å². The Morgan fingerprint density at radius 2 is 1.93 bits per heavy atom. The maximum absolute atomic E-state index is 12.3. The Morgan fingerprint density at radius 3 is 2.50 bits per heavy atom. The zero-order valence-electron chi connectivity index (χ0n) is 16.8. The summed E-state index contributed by atoms with van der Waals surface area (Å²) in [5.41, 5.74) is 1.50. The maximum Gasteiger partial charge on any atom is 0.336 e. The van der Waals surface area contributed by atoms with Crippen molar-refractivity contribution in [1.82, 2.24) is 5.32 Å². The van der Waals surface area contributed by atoms with Crippen LogP contribution in [0.3, 0.4) is 0 Å². The van der Waals surface area contributed by atoms with Gasteiger partial charge in [0.05, 0.1) is 12.0 Å². The SMILES string of the molecule is CCCc1cc(=O)oc2c(C)c(O[C@H](C)C(=O)N[C@H](C(=O)[O-])C(C)C)ccc12. The van der Waals surface area contributed by atoms with Gasteiger partial charge in [0.2, 0.25) is 0 Å². The molecule has 0 unspecified atom stereocenters. The van der Waals surface area contributed by atoms with Gasteiger partial charge in [0, 0.05) is 17.0 Å². The van der Waals surface area contributed by atoms with Gasteiger partial charge >= 0.3 is 5.63 Å². The Labute approximate surface area is 163 Å². The number of hydrogen-bond donors (Lipinski definition) is 1. The van der Waals surface area contributed by atoms with Crippen LogP contribution in [0.4, 0.5) is 0 Å². The molecule has 1 N–H and O–H groups in total. The van der Waals surface area contributed by atoms with E-state index in [9.17, 15) is 19.5 Å². The van der Waals surface area contributed by atoms with Crippen LogP contribution in [-0.2, 0) is 16.0 Å². The second-order valence-electron chi connectivity index (χ2n) is 7.22. The number of amides is 1. The fourth-order valence-corrected chi connectivity index (χ4v) is 3.02. The van der Waals surface area contributed by atoms with Crippen LogP contribution in [0.2, 0.25) is 0 Å². The molecule has 152 valence electrons. The minimum absolute atomic E-state index is 0.324. The van der Waals surface area contributed by atoms with Crippen LogP contribution in [0.25, 0.3) is 11.0 Å². The van der Waals surface area contributed by atoms with Crippen molar-refractivity contribution in [1.29, 1.82) is 0 Å². The third-order valence-electron chi connectivity index (χ3n) is 4.61. The van der Waals surface area contributed by atoms with E-state index in [-0.39, 0.29) is 5.92 Å². The number of hydrogen-bond acceptors (Lipinski definition) is 6. The van der Waals surface area contributed by atoms with Crippen molar-refractivity contribution >= 4 is 22.8 Å². The van der Waals surface area contributed by atoms with Gasteiger partial charge in [-0.15, -0.1) is 0 Å². The third kappa shape index (κ3) is 4.71. The van der Waals surface area contributed by atoms with E-state index in [0.29, 0.717) is 16.9 Å². The summed E-state index contributed by atoms with van der Waals surface area (Å²) in [5.74, 6) is -1.84. The highest BCUT2D eigenvalue weighted by Gasteiger charge is 2.23. The van der Waals surface area contributed by atoms with Crippen LogP contribution < -0.4 is 20.8 Å². The molecule has 0 saturated carbocycles. The van der Waals surface area contributed by atoms with Crippen LogP contribution in [-0.4, -0.2) is 24.0 Å². The third-order valence-corrected chi connectivity index (χ3v) is 4.61. The lowest BCUT2D eigenvalue weighted by Gasteiger charge is -2.25. The molecule has 0 aliphatic rings. The smallest absolute Gasteiger partial charge is 0.336 e. The summed E-state index contributed by atoms with van der Waals surface area (Å²) in [7, 11) is 0. The maximum atomic E-state index is 12.3. The lowest BCUT2D eigenvalue weighted by molar-refractivity contribution is -0.309. The first-order valence-corrected chi connectivity index (χ1v) is 9.39. The second kappa shape index (κ2) is 8.91. The van der Waals surface area contributed by atoms with E-state index in [1.807, 2.05) is 6.92 Å². The van der Waals surface area contributed by atoms with Gasteiger partial charge in [0.25, 0.3) is 5.91 Å². The minimum atomic E-state index is -1.34. The van der Waals surface area contributed by atoms with Gasteiger partial charge in [0.1, 0.15) is 11.3 Å². The minimum Gasteiger partial charge on any atom is -0.548 e. The normalized spacial score (nSPS) is 13.4. The van der Waals surface area contributed by atoms with Gasteiger partial charge in [-0.05, 0) is 43.9 Å². The summed E-state index contributed by atoms with van der Waals surface area (Å²) >= 11 is 0. The molecule has 1 amide bonds. The van der Waals surface area contributed by atoms with E-state index in [1.165, 1.54) is 13.0 Å². The topological polar surface area (TPSA) is 109 Å². The van der Waals surface area contributed by atoms with E-state index in [0.717, 1.165) is 23.8 Å². The number of carbonyl (C=O) groups is 2. The number of carbonyl (C=O) groups excluding carboxylic acids is 2. The van der Waals surface area contributed by atoms with Gasteiger partial charge < -0.3 is 24.4 Å². The first-order valence-electron chi connectivity index (χ1n) is 9.39. The zero-order valence-corrected chi connectivity index (χ0v) is 16.8. The van der Waals surface area contributed by atoms with Gasteiger partial charge in [-0.1, -0.05) is 27.2 Å². The van der Waals surface area contributed by atoms with Crippen molar-refractivity contribution in [3.63, 3.8) is 0 Å². The van der Waals surface area contributed by atoms with E-state index < -0.39 is 29.6 Å². The molecule has 0 bridgehead atoms. The van der Waals surface area contributed by atoms with Crippen LogP contribution in [0.5, 0.6) is 5.75 Å².